The highest BCUT2D eigenvalue weighted by Gasteiger charge is 2.35. The summed E-state index contributed by atoms with van der Waals surface area (Å²) in [4.78, 5) is 0. The maximum atomic E-state index is 15.1. The molecule has 0 atom stereocenters. The maximum Gasteiger partial charge on any atom is 0.426 e. The summed E-state index contributed by atoms with van der Waals surface area (Å²) in [7, 11) is 0. The van der Waals surface area contributed by atoms with E-state index >= 15 is 8.78 Å². The number of hydrogen-bond donors (Lipinski definition) is 0. The molecular formula is C30H32F4O2. The number of halogens is 4. The molecule has 2 nitrogen and oxygen atoms in total. The lowest BCUT2D eigenvalue weighted by Gasteiger charge is -2.27. The fourth-order valence-corrected chi connectivity index (χ4v) is 4.97. The molecular weight excluding hydrogens is 468 g/mol. The van der Waals surface area contributed by atoms with Gasteiger partial charge in [0.05, 0.1) is 5.56 Å². The molecule has 3 aromatic rings. The third-order valence-corrected chi connectivity index (χ3v) is 7.19. The second-order valence-corrected chi connectivity index (χ2v) is 9.55. The molecule has 0 aliphatic heterocycles. The van der Waals surface area contributed by atoms with Crippen LogP contribution in [0.3, 0.4) is 0 Å². The summed E-state index contributed by atoms with van der Waals surface area (Å²) >= 11 is 0. The van der Waals surface area contributed by atoms with Crippen molar-refractivity contribution in [1.29, 1.82) is 0 Å². The number of rotatable bonds is 10. The van der Waals surface area contributed by atoms with Gasteiger partial charge in [-0.05, 0) is 66.1 Å². The minimum absolute atomic E-state index is 0.00298. The van der Waals surface area contributed by atoms with E-state index in [-0.39, 0.29) is 17.1 Å². The molecule has 36 heavy (non-hydrogen) atoms. The molecule has 0 heterocycles. The Labute approximate surface area is 210 Å². The van der Waals surface area contributed by atoms with E-state index in [2.05, 4.69) is 11.7 Å². The highest BCUT2D eigenvalue weighted by atomic mass is 19.3. The van der Waals surface area contributed by atoms with Crippen molar-refractivity contribution in [3.05, 3.63) is 83.9 Å². The molecule has 0 bridgehead atoms. The summed E-state index contributed by atoms with van der Waals surface area (Å²) < 4.78 is 64.6. The van der Waals surface area contributed by atoms with Crippen LogP contribution in [0.4, 0.5) is 17.6 Å². The van der Waals surface area contributed by atoms with Gasteiger partial charge in [0.15, 0.2) is 0 Å². The van der Waals surface area contributed by atoms with E-state index in [4.69, 9.17) is 4.74 Å². The summed E-state index contributed by atoms with van der Waals surface area (Å²) in [6.07, 6.45) is 4.86. The first-order valence-electron chi connectivity index (χ1n) is 12.6. The van der Waals surface area contributed by atoms with Crippen molar-refractivity contribution < 1.29 is 27.0 Å². The normalized spacial score (nSPS) is 18.3. The summed E-state index contributed by atoms with van der Waals surface area (Å²) in [5.74, 6) is 1.58. The molecule has 1 aliphatic rings. The van der Waals surface area contributed by atoms with E-state index in [1.807, 2.05) is 0 Å². The first kappa shape index (κ1) is 26.1. The van der Waals surface area contributed by atoms with Crippen LogP contribution in [0.15, 0.2) is 72.8 Å². The minimum Gasteiger partial charge on any atom is -0.435 e. The maximum absolute atomic E-state index is 15.1. The van der Waals surface area contributed by atoms with Crippen LogP contribution in [0.5, 0.6) is 11.5 Å². The molecule has 0 spiro atoms. The van der Waals surface area contributed by atoms with E-state index in [9.17, 15) is 8.78 Å². The Balaban J connectivity index is 1.40. The quantitative estimate of drug-likeness (QED) is 0.258. The number of para-hydroxylation sites is 1. The van der Waals surface area contributed by atoms with Gasteiger partial charge in [-0.3, -0.25) is 0 Å². The number of alkyl halides is 4. The van der Waals surface area contributed by atoms with Crippen LogP contribution < -0.4 is 9.47 Å². The molecule has 0 N–H and O–H groups in total. The predicted molar refractivity (Wildman–Crippen MR) is 134 cm³/mol. The summed E-state index contributed by atoms with van der Waals surface area (Å²) in [6.45, 7) is -0.673. The van der Waals surface area contributed by atoms with E-state index in [0.717, 1.165) is 30.2 Å². The molecule has 4 rings (SSSR count). The highest BCUT2D eigenvalue weighted by molar-refractivity contribution is 5.71. The molecule has 0 amide bonds. The fraction of sp³-hybridized carbons (Fsp3) is 0.400. The fourth-order valence-electron chi connectivity index (χ4n) is 4.97. The van der Waals surface area contributed by atoms with Crippen molar-refractivity contribution >= 4 is 0 Å². The monoisotopic (exact) mass is 500 g/mol. The van der Waals surface area contributed by atoms with Crippen LogP contribution in [0.1, 0.15) is 56.6 Å². The highest BCUT2D eigenvalue weighted by Crippen LogP contribution is 2.38. The third-order valence-electron chi connectivity index (χ3n) is 7.19. The third kappa shape index (κ3) is 6.80. The van der Waals surface area contributed by atoms with Crippen LogP contribution in [-0.2, 0) is 12.5 Å². The summed E-state index contributed by atoms with van der Waals surface area (Å²) in [6, 6.07) is 18.6. The molecule has 3 aromatic carbocycles. The Morgan fingerprint density at radius 3 is 2.11 bits per heavy atom. The molecule has 1 aliphatic carbocycles. The first-order valence-corrected chi connectivity index (χ1v) is 12.6. The first-order chi connectivity index (χ1) is 17.3. The Morgan fingerprint density at radius 1 is 0.833 bits per heavy atom. The number of aryl methyl sites for hydroxylation is 1. The van der Waals surface area contributed by atoms with Gasteiger partial charge < -0.3 is 9.47 Å². The second-order valence-electron chi connectivity index (χ2n) is 9.55. The largest absolute Gasteiger partial charge is 0.435 e. The number of benzene rings is 3. The Kier molecular flexibility index (Phi) is 8.55. The van der Waals surface area contributed by atoms with Crippen molar-refractivity contribution in [2.24, 2.45) is 11.8 Å². The van der Waals surface area contributed by atoms with Crippen molar-refractivity contribution in [2.75, 3.05) is 0 Å². The van der Waals surface area contributed by atoms with Crippen LogP contribution in [-0.4, -0.2) is 6.61 Å². The van der Waals surface area contributed by atoms with E-state index in [0.29, 0.717) is 11.1 Å². The molecule has 1 saturated carbocycles. The van der Waals surface area contributed by atoms with Gasteiger partial charge in [0, 0.05) is 5.56 Å². The standard InChI is InChI=1S/C30H32F4O2/c1-2-21-7-9-22(10-8-21)11-12-23-13-17-25(18-14-23)30(33,34)36-28-6-4-3-5-27(28)24-15-19-26(20-16-24)35-29(31)32/h3-6,13-22,29H,2,7-12H2,1H3/t21-,22-. The van der Waals surface area contributed by atoms with Crippen LogP contribution in [0.25, 0.3) is 11.1 Å². The lowest BCUT2D eigenvalue weighted by atomic mass is 9.78. The zero-order valence-corrected chi connectivity index (χ0v) is 20.4. The van der Waals surface area contributed by atoms with E-state index in [1.165, 1.54) is 74.6 Å². The smallest absolute Gasteiger partial charge is 0.426 e. The number of ether oxygens (including phenoxy) is 2. The molecule has 0 unspecified atom stereocenters. The molecule has 0 saturated heterocycles. The van der Waals surface area contributed by atoms with Crippen molar-refractivity contribution in [3.8, 4) is 22.6 Å². The summed E-state index contributed by atoms with van der Waals surface area (Å²) in [5, 5.41) is 0. The molecule has 1 fully saturated rings. The Morgan fingerprint density at radius 2 is 1.47 bits per heavy atom. The topological polar surface area (TPSA) is 18.5 Å². The van der Waals surface area contributed by atoms with Gasteiger partial charge in [0.2, 0.25) is 0 Å². The van der Waals surface area contributed by atoms with Gasteiger partial charge in [0.25, 0.3) is 0 Å². The summed E-state index contributed by atoms with van der Waals surface area (Å²) in [5.41, 5.74) is 1.81. The van der Waals surface area contributed by atoms with Gasteiger partial charge in [-0.15, -0.1) is 0 Å². The lowest BCUT2D eigenvalue weighted by Crippen LogP contribution is -2.22. The zero-order chi connectivity index (χ0) is 25.5. The van der Waals surface area contributed by atoms with Gasteiger partial charge in [-0.1, -0.05) is 81.5 Å². The van der Waals surface area contributed by atoms with E-state index in [1.54, 1.807) is 30.3 Å². The molecule has 0 radical (unpaired) electrons. The molecule has 192 valence electrons. The van der Waals surface area contributed by atoms with Gasteiger partial charge in [-0.25, -0.2) is 0 Å². The second kappa shape index (κ2) is 11.8. The SMILES string of the molecule is CC[C@H]1CC[C@H](CCc2ccc(C(F)(F)Oc3ccccc3-c3ccc(OC(F)F)cc3)cc2)CC1. The van der Waals surface area contributed by atoms with Crippen LogP contribution in [0, 0.1) is 11.8 Å². The van der Waals surface area contributed by atoms with Crippen molar-refractivity contribution in [3.63, 3.8) is 0 Å². The average Bonchev–Trinajstić information content (AvgIpc) is 2.88. The van der Waals surface area contributed by atoms with Crippen LogP contribution >= 0.6 is 0 Å². The Hall–Kier alpha value is -3.02. The Bertz CT molecular complexity index is 1090. The van der Waals surface area contributed by atoms with Gasteiger partial charge >= 0.3 is 12.7 Å². The van der Waals surface area contributed by atoms with E-state index < -0.39 is 12.7 Å². The minimum atomic E-state index is -3.54. The van der Waals surface area contributed by atoms with Gasteiger partial charge in [0.1, 0.15) is 11.5 Å². The molecule has 6 heteroatoms. The average molecular weight is 501 g/mol. The predicted octanol–water partition coefficient (Wildman–Crippen LogP) is 9.23. The molecule has 0 aromatic heterocycles. The van der Waals surface area contributed by atoms with Crippen molar-refractivity contribution in [2.45, 2.75) is 64.6 Å². The van der Waals surface area contributed by atoms with Gasteiger partial charge in [-0.2, -0.15) is 17.6 Å². The zero-order valence-electron chi connectivity index (χ0n) is 20.4. The van der Waals surface area contributed by atoms with Crippen LogP contribution in [0.2, 0.25) is 0 Å². The van der Waals surface area contributed by atoms with Crippen molar-refractivity contribution in [1.82, 2.24) is 0 Å². The lowest BCUT2D eigenvalue weighted by molar-refractivity contribution is -0.185. The number of hydrogen-bond acceptors (Lipinski definition) is 2.